The molecule has 9 heteroatoms. The molecule has 3 rings (SSSR count). The Morgan fingerprint density at radius 2 is 2.00 bits per heavy atom. The molecule has 0 radical (unpaired) electrons. The van der Waals surface area contributed by atoms with Crippen LogP contribution in [0.15, 0.2) is 27.6 Å². The van der Waals surface area contributed by atoms with E-state index in [0.717, 1.165) is 19.3 Å². The molecule has 0 bridgehead atoms. The lowest BCUT2D eigenvalue weighted by Gasteiger charge is -2.34. The highest BCUT2D eigenvalue weighted by atomic mass is 32.2. The summed E-state index contributed by atoms with van der Waals surface area (Å²) >= 11 is 0. The van der Waals surface area contributed by atoms with E-state index in [4.69, 9.17) is 15.0 Å². The van der Waals surface area contributed by atoms with Crippen molar-refractivity contribution in [1.82, 2.24) is 14.4 Å². The number of hydrogen-bond donors (Lipinski definition) is 1. The fourth-order valence-corrected chi connectivity index (χ4v) is 4.68. The van der Waals surface area contributed by atoms with Crippen LogP contribution in [0.5, 0.6) is 5.75 Å². The zero-order valence-electron chi connectivity index (χ0n) is 15.2. The van der Waals surface area contributed by atoms with E-state index >= 15 is 0 Å². The molecule has 1 fully saturated rings. The highest BCUT2D eigenvalue weighted by Crippen LogP contribution is 2.38. The van der Waals surface area contributed by atoms with Gasteiger partial charge in [-0.15, -0.1) is 0 Å². The first-order valence-corrected chi connectivity index (χ1v) is 10.1. The van der Waals surface area contributed by atoms with Gasteiger partial charge in [0.05, 0.1) is 12.6 Å². The molecule has 1 aromatic carbocycles. The van der Waals surface area contributed by atoms with Crippen molar-refractivity contribution >= 4 is 10.0 Å². The number of nitrogens with zero attached hydrogens (tertiary/aromatic N) is 3. The minimum Gasteiger partial charge on any atom is -0.495 e. The van der Waals surface area contributed by atoms with Crippen molar-refractivity contribution in [3.63, 3.8) is 0 Å². The second kappa shape index (κ2) is 6.98. The van der Waals surface area contributed by atoms with Crippen LogP contribution in [0.2, 0.25) is 0 Å². The summed E-state index contributed by atoms with van der Waals surface area (Å²) in [6.07, 6.45) is 2.67. The molecule has 0 saturated heterocycles. The average molecular weight is 380 g/mol. The predicted molar refractivity (Wildman–Crippen MR) is 96.1 cm³/mol. The first-order chi connectivity index (χ1) is 12.4. The van der Waals surface area contributed by atoms with Crippen molar-refractivity contribution in [2.24, 2.45) is 5.73 Å². The van der Waals surface area contributed by atoms with Gasteiger partial charge >= 0.3 is 0 Å². The number of benzene rings is 1. The summed E-state index contributed by atoms with van der Waals surface area (Å²) in [6.45, 7) is 4.32. The van der Waals surface area contributed by atoms with Gasteiger partial charge in [-0.3, -0.25) is 0 Å². The minimum atomic E-state index is -3.70. The predicted octanol–water partition coefficient (Wildman–Crippen LogP) is 2.11. The Kier molecular flexibility index (Phi) is 5.05. The van der Waals surface area contributed by atoms with Gasteiger partial charge in [0, 0.05) is 18.7 Å². The summed E-state index contributed by atoms with van der Waals surface area (Å²) < 4.78 is 37.8. The Labute approximate surface area is 153 Å². The van der Waals surface area contributed by atoms with Gasteiger partial charge in [0.15, 0.2) is 5.82 Å². The third-order valence-corrected chi connectivity index (χ3v) is 6.92. The Balaban J connectivity index is 2.03. The summed E-state index contributed by atoms with van der Waals surface area (Å²) in [6, 6.07) is 4.80. The summed E-state index contributed by atoms with van der Waals surface area (Å²) in [5, 5.41) is 3.99. The fourth-order valence-electron chi connectivity index (χ4n) is 3.04. The molecule has 142 valence electrons. The molecule has 1 aliphatic carbocycles. The number of sulfonamides is 1. The lowest BCUT2D eigenvalue weighted by molar-refractivity contribution is 0.229. The molecule has 26 heavy (non-hydrogen) atoms. The van der Waals surface area contributed by atoms with Crippen LogP contribution in [-0.2, 0) is 15.6 Å². The van der Waals surface area contributed by atoms with Crippen LogP contribution in [0.4, 0.5) is 0 Å². The van der Waals surface area contributed by atoms with Gasteiger partial charge in [-0.25, -0.2) is 8.42 Å². The quantitative estimate of drug-likeness (QED) is 0.783. The Morgan fingerprint density at radius 3 is 2.54 bits per heavy atom. The Morgan fingerprint density at radius 1 is 1.31 bits per heavy atom. The number of ether oxygens (including phenoxy) is 1. The molecule has 0 atom stereocenters. The third kappa shape index (κ3) is 3.10. The molecule has 1 aromatic heterocycles. The van der Waals surface area contributed by atoms with Crippen molar-refractivity contribution in [3.8, 4) is 17.2 Å². The topological polar surface area (TPSA) is 112 Å². The Hall–Kier alpha value is -1.97. The number of aromatic nitrogens is 2. The molecule has 1 heterocycles. The van der Waals surface area contributed by atoms with E-state index in [9.17, 15) is 8.42 Å². The normalized spacial score (nSPS) is 16.5. The standard InChI is InChI=1S/C17H24N4O4S/c1-4-21(5-2)26(22,23)14-11-12(7-8-13(14)24-3)15-19-16(20-25-15)17(18)9-6-10-17/h7-8,11H,4-6,9-10,18H2,1-3H3. The number of methoxy groups -OCH3 is 1. The molecule has 8 nitrogen and oxygen atoms in total. The van der Waals surface area contributed by atoms with Gasteiger partial charge < -0.3 is 15.0 Å². The number of rotatable bonds is 7. The SMILES string of the molecule is CCN(CC)S(=O)(=O)c1cc(-c2nc(C3(N)CCC3)no2)ccc1OC. The van der Waals surface area contributed by atoms with Crippen LogP contribution in [0, 0.1) is 0 Å². The van der Waals surface area contributed by atoms with Crippen molar-refractivity contribution < 1.29 is 17.7 Å². The smallest absolute Gasteiger partial charge is 0.258 e. The van der Waals surface area contributed by atoms with Gasteiger partial charge in [-0.2, -0.15) is 9.29 Å². The highest BCUT2D eigenvalue weighted by Gasteiger charge is 2.39. The van der Waals surface area contributed by atoms with Crippen LogP contribution >= 0.6 is 0 Å². The maximum atomic E-state index is 12.9. The second-order valence-corrected chi connectivity index (χ2v) is 8.29. The van der Waals surface area contributed by atoms with Crippen molar-refractivity contribution in [2.75, 3.05) is 20.2 Å². The monoisotopic (exact) mass is 380 g/mol. The zero-order valence-corrected chi connectivity index (χ0v) is 16.0. The molecule has 0 amide bonds. The summed E-state index contributed by atoms with van der Waals surface area (Å²) in [4.78, 5) is 4.46. The van der Waals surface area contributed by atoms with Gasteiger partial charge in [-0.05, 0) is 37.5 Å². The second-order valence-electron chi connectivity index (χ2n) is 6.39. The molecular formula is C17H24N4O4S. The molecule has 1 saturated carbocycles. The van der Waals surface area contributed by atoms with Gasteiger partial charge in [0.1, 0.15) is 10.6 Å². The van der Waals surface area contributed by atoms with E-state index in [-0.39, 0.29) is 16.5 Å². The minimum absolute atomic E-state index is 0.0760. The van der Waals surface area contributed by atoms with Crippen LogP contribution < -0.4 is 10.5 Å². The molecule has 1 aliphatic rings. The van der Waals surface area contributed by atoms with E-state index in [2.05, 4.69) is 10.1 Å². The first-order valence-electron chi connectivity index (χ1n) is 8.67. The number of nitrogens with two attached hydrogens (primary N) is 1. The molecule has 0 unspecified atom stereocenters. The molecule has 0 aliphatic heterocycles. The van der Waals surface area contributed by atoms with E-state index in [1.54, 1.807) is 26.0 Å². The van der Waals surface area contributed by atoms with E-state index in [1.165, 1.54) is 17.5 Å². The highest BCUT2D eigenvalue weighted by molar-refractivity contribution is 7.89. The van der Waals surface area contributed by atoms with Crippen LogP contribution in [0.25, 0.3) is 11.5 Å². The zero-order chi connectivity index (χ0) is 18.9. The maximum Gasteiger partial charge on any atom is 0.258 e. The largest absolute Gasteiger partial charge is 0.495 e. The fraction of sp³-hybridized carbons (Fsp3) is 0.529. The summed E-state index contributed by atoms with van der Waals surface area (Å²) in [5.74, 6) is 0.979. The maximum absolute atomic E-state index is 12.9. The summed E-state index contributed by atoms with van der Waals surface area (Å²) in [7, 11) is -2.26. The lowest BCUT2D eigenvalue weighted by Crippen LogP contribution is -2.44. The van der Waals surface area contributed by atoms with Gasteiger partial charge in [0.2, 0.25) is 10.0 Å². The van der Waals surface area contributed by atoms with Crippen molar-refractivity contribution in [2.45, 2.75) is 43.5 Å². The lowest BCUT2D eigenvalue weighted by atomic mass is 9.77. The van der Waals surface area contributed by atoms with E-state index < -0.39 is 15.6 Å². The summed E-state index contributed by atoms with van der Waals surface area (Å²) in [5.41, 5.74) is 6.20. The van der Waals surface area contributed by atoms with Crippen LogP contribution in [0.3, 0.4) is 0 Å². The van der Waals surface area contributed by atoms with Crippen molar-refractivity contribution in [3.05, 3.63) is 24.0 Å². The Bertz CT molecular complexity index is 886. The molecule has 2 aromatic rings. The molecule has 2 N–H and O–H groups in total. The van der Waals surface area contributed by atoms with E-state index in [1.807, 2.05) is 0 Å². The van der Waals surface area contributed by atoms with Crippen LogP contribution in [-0.4, -0.2) is 43.1 Å². The van der Waals surface area contributed by atoms with Crippen LogP contribution in [0.1, 0.15) is 38.9 Å². The van der Waals surface area contributed by atoms with Crippen molar-refractivity contribution in [1.29, 1.82) is 0 Å². The van der Waals surface area contributed by atoms with E-state index in [0.29, 0.717) is 24.5 Å². The number of hydrogen-bond acceptors (Lipinski definition) is 7. The molecule has 0 spiro atoms. The average Bonchev–Trinajstić information content (AvgIpc) is 3.10. The van der Waals surface area contributed by atoms with Gasteiger partial charge in [-0.1, -0.05) is 19.0 Å². The molecular weight excluding hydrogens is 356 g/mol. The third-order valence-electron chi connectivity index (χ3n) is 4.85. The first kappa shape index (κ1) is 18.8. The van der Waals surface area contributed by atoms with Gasteiger partial charge in [0.25, 0.3) is 5.89 Å².